The van der Waals surface area contributed by atoms with Crippen LogP contribution in [0.15, 0.2) is 66.7 Å². The van der Waals surface area contributed by atoms with Crippen molar-refractivity contribution in [3.63, 3.8) is 0 Å². The van der Waals surface area contributed by atoms with Crippen molar-refractivity contribution in [3.8, 4) is 0 Å². The summed E-state index contributed by atoms with van der Waals surface area (Å²) in [5.74, 6) is -0.301. The minimum Gasteiger partial charge on any atom is -0.342 e. The van der Waals surface area contributed by atoms with E-state index < -0.39 is 0 Å². The van der Waals surface area contributed by atoms with E-state index in [4.69, 9.17) is 4.98 Å². The van der Waals surface area contributed by atoms with E-state index in [2.05, 4.69) is 0 Å². The van der Waals surface area contributed by atoms with Crippen molar-refractivity contribution in [2.75, 3.05) is 13.1 Å². The lowest BCUT2D eigenvalue weighted by atomic mass is 9.93. The molecule has 154 valence electrons. The lowest BCUT2D eigenvalue weighted by Gasteiger charge is -2.32. The molecule has 5 heteroatoms. The number of carbonyl (C=O) groups excluding carboxylic acids is 1. The normalized spacial score (nSPS) is 16.5. The molecule has 2 aromatic carbocycles. The minimum absolute atomic E-state index is 0.0576. The van der Waals surface area contributed by atoms with Crippen LogP contribution in [0.1, 0.15) is 41.3 Å². The summed E-state index contributed by atoms with van der Waals surface area (Å²) in [4.78, 5) is 19.4. The predicted molar refractivity (Wildman–Crippen MR) is 112 cm³/mol. The van der Waals surface area contributed by atoms with Crippen LogP contribution >= 0.6 is 0 Å². The Morgan fingerprint density at radius 2 is 1.77 bits per heavy atom. The third-order valence-electron chi connectivity index (χ3n) is 5.56. The van der Waals surface area contributed by atoms with Crippen molar-refractivity contribution in [2.45, 2.75) is 31.6 Å². The summed E-state index contributed by atoms with van der Waals surface area (Å²) in [6, 6.07) is 18.6. The summed E-state index contributed by atoms with van der Waals surface area (Å²) >= 11 is 0. The fourth-order valence-electron chi connectivity index (χ4n) is 4.01. The quantitative estimate of drug-likeness (QED) is 0.604. The third-order valence-corrected chi connectivity index (χ3v) is 5.56. The summed E-state index contributed by atoms with van der Waals surface area (Å²) in [5, 5.41) is 0. The molecule has 0 aliphatic carbocycles. The first kappa shape index (κ1) is 20.2. The largest absolute Gasteiger partial charge is 0.342 e. The molecule has 1 aliphatic rings. The molecule has 0 radical (unpaired) electrons. The number of aromatic nitrogens is 1. The Bertz CT molecular complexity index is 1020. The van der Waals surface area contributed by atoms with Gasteiger partial charge in [-0.3, -0.25) is 9.78 Å². The van der Waals surface area contributed by atoms with Gasteiger partial charge in [0.2, 0.25) is 5.91 Å². The Hall–Kier alpha value is -3.08. The molecule has 0 spiro atoms. The predicted octanol–water partition coefficient (Wildman–Crippen LogP) is 4.90. The molecule has 30 heavy (non-hydrogen) atoms. The van der Waals surface area contributed by atoms with Crippen LogP contribution in [-0.4, -0.2) is 28.9 Å². The smallest absolute Gasteiger partial charge is 0.227 e. The molecule has 1 aromatic heterocycles. The van der Waals surface area contributed by atoms with E-state index in [-0.39, 0.29) is 29.9 Å². The molecule has 1 atom stereocenters. The zero-order valence-electron chi connectivity index (χ0n) is 16.7. The number of hydrogen-bond donors (Lipinski definition) is 0. The van der Waals surface area contributed by atoms with Gasteiger partial charge in [0.1, 0.15) is 11.6 Å². The minimum atomic E-state index is -0.298. The van der Waals surface area contributed by atoms with Crippen LogP contribution in [0.4, 0.5) is 8.78 Å². The van der Waals surface area contributed by atoms with Gasteiger partial charge in [0, 0.05) is 36.8 Å². The van der Waals surface area contributed by atoms with Crippen molar-refractivity contribution >= 4 is 5.91 Å². The Morgan fingerprint density at radius 3 is 2.57 bits per heavy atom. The first-order chi connectivity index (χ1) is 14.6. The van der Waals surface area contributed by atoms with Crippen LogP contribution in [0, 0.1) is 11.6 Å². The highest BCUT2D eigenvalue weighted by Crippen LogP contribution is 2.26. The molecule has 0 N–H and O–H groups in total. The van der Waals surface area contributed by atoms with Crippen LogP contribution < -0.4 is 0 Å². The van der Waals surface area contributed by atoms with Crippen LogP contribution in [0.3, 0.4) is 0 Å². The topological polar surface area (TPSA) is 33.2 Å². The molecule has 3 aromatic rings. The van der Waals surface area contributed by atoms with Crippen molar-refractivity contribution in [2.24, 2.45) is 0 Å². The highest BCUT2D eigenvalue weighted by molar-refractivity contribution is 5.79. The van der Waals surface area contributed by atoms with Crippen molar-refractivity contribution in [3.05, 3.63) is 101 Å². The molecule has 0 unspecified atom stereocenters. The number of halogens is 2. The van der Waals surface area contributed by atoms with Gasteiger partial charge in [-0.1, -0.05) is 30.3 Å². The number of piperidine rings is 1. The Balaban J connectivity index is 1.42. The second-order valence-corrected chi connectivity index (χ2v) is 7.84. The Morgan fingerprint density at radius 1 is 0.967 bits per heavy atom. The SMILES string of the molecule is O=C(Cc1ccc(F)cc1)N1CCC[C@@H](c2cccc(Cc3cccc(F)c3)n2)C1. The number of pyridine rings is 1. The lowest BCUT2D eigenvalue weighted by molar-refractivity contribution is -0.131. The number of carbonyl (C=O) groups is 1. The number of amides is 1. The first-order valence-corrected chi connectivity index (χ1v) is 10.3. The van der Waals surface area contributed by atoms with Crippen LogP contribution in [0.5, 0.6) is 0 Å². The number of rotatable bonds is 5. The van der Waals surface area contributed by atoms with E-state index in [0.717, 1.165) is 41.9 Å². The van der Waals surface area contributed by atoms with Gasteiger partial charge < -0.3 is 4.90 Å². The van der Waals surface area contributed by atoms with Gasteiger partial charge in [0.25, 0.3) is 0 Å². The van der Waals surface area contributed by atoms with Crippen molar-refractivity contribution in [1.29, 1.82) is 0 Å². The van der Waals surface area contributed by atoms with E-state index in [9.17, 15) is 13.6 Å². The van der Waals surface area contributed by atoms with Gasteiger partial charge in [0.15, 0.2) is 0 Å². The zero-order chi connectivity index (χ0) is 20.9. The standard InChI is InChI=1S/C25H24F2N2O/c26-21-11-9-18(10-12-21)16-25(30)29-13-3-5-20(17-29)24-8-2-7-23(28-24)15-19-4-1-6-22(27)14-19/h1-2,4,6-12,14,20H,3,5,13,15-17H2/t20-/m1/s1. The molecule has 3 nitrogen and oxygen atoms in total. The van der Waals surface area contributed by atoms with Crippen LogP contribution in [-0.2, 0) is 17.6 Å². The molecule has 1 fully saturated rings. The molecule has 4 rings (SSSR count). The average molecular weight is 406 g/mol. The third kappa shape index (κ3) is 5.09. The molecule has 1 saturated heterocycles. The zero-order valence-corrected chi connectivity index (χ0v) is 16.7. The molecule has 1 aliphatic heterocycles. The first-order valence-electron chi connectivity index (χ1n) is 10.3. The summed E-state index contributed by atoms with van der Waals surface area (Å²) in [6.45, 7) is 1.37. The summed E-state index contributed by atoms with van der Waals surface area (Å²) < 4.78 is 26.5. The number of nitrogens with zero attached hydrogens (tertiary/aromatic N) is 2. The Labute approximate surface area is 175 Å². The maximum Gasteiger partial charge on any atom is 0.227 e. The maximum absolute atomic E-state index is 13.5. The van der Waals surface area contributed by atoms with Gasteiger partial charge in [-0.05, 0) is 60.4 Å². The molecule has 1 amide bonds. The average Bonchev–Trinajstić information content (AvgIpc) is 2.76. The van der Waals surface area contributed by atoms with Gasteiger partial charge in [-0.2, -0.15) is 0 Å². The van der Waals surface area contributed by atoms with E-state index in [1.54, 1.807) is 18.2 Å². The van der Waals surface area contributed by atoms with E-state index in [1.165, 1.54) is 24.3 Å². The molecular formula is C25H24F2N2O. The number of hydrogen-bond acceptors (Lipinski definition) is 2. The Kier molecular flexibility index (Phi) is 6.17. The summed E-state index contributed by atoms with van der Waals surface area (Å²) in [5.41, 5.74) is 3.58. The summed E-state index contributed by atoms with van der Waals surface area (Å²) in [6.07, 6.45) is 2.76. The van der Waals surface area contributed by atoms with Gasteiger partial charge in [-0.15, -0.1) is 0 Å². The number of benzene rings is 2. The van der Waals surface area contributed by atoms with E-state index >= 15 is 0 Å². The lowest BCUT2D eigenvalue weighted by Crippen LogP contribution is -2.40. The molecule has 0 bridgehead atoms. The van der Waals surface area contributed by atoms with Crippen LogP contribution in [0.2, 0.25) is 0 Å². The number of likely N-dealkylation sites (tertiary alicyclic amines) is 1. The second-order valence-electron chi connectivity index (χ2n) is 7.84. The van der Waals surface area contributed by atoms with E-state index in [0.29, 0.717) is 13.0 Å². The monoisotopic (exact) mass is 406 g/mol. The van der Waals surface area contributed by atoms with Gasteiger partial charge in [-0.25, -0.2) is 8.78 Å². The highest BCUT2D eigenvalue weighted by Gasteiger charge is 2.25. The van der Waals surface area contributed by atoms with Gasteiger partial charge >= 0.3 is 0 Å². The molecule has 0 saturated carbocycles. The molecular weight excluding hydrogens is 382 g/mol. The van der Waals surface area contributed by atoms with Crippen LogP contribution in [0.25, 0.3) is 0 Å². The maximum atomic E-state index is 13.5. The van der Waals surface area contributed by atoms with E-state index in [1.807, 2.05) is 29.2 Å². The van der Waals surface area contributed by atoms with Gasteiger partial charge in [0.05, 0.1) is 6.42 Å². The van der Waals surface area contributed by atoms with Crippen molar-refractivity contribution < 1.29 is 13.6 Å². The summed E-state index contributed by atoms with van der Waals surface area (Å²) in [7, 11) is 0. The van der Waals surface area contributed by atoms with Crippen molar-refractivity contribution in [1.82, 2.24) is 9.88 Å². The fourth-order valence-corrected chi connectivity index (χ4v) is 4.01. The second kappa shape index (κ2) is 9.16. The molecule has 2 heterocycles. The fraction of sp³-hybridized carbons (Fsp3) is 0.280. The highest BCUT2D eigenvalue weighted by atomic mass is 19.1.